The van der Waals surface area contributed by atoms with E-state index in [1.165, 1.54) is 18.2 Å². The summed E-state index contributed by atoms with van der Waals surface area (Å²) >= 11 is 0. The van der Waals surface area contributed by atoms with Crippen LogP contribution in [-0.4, -0.2) is 30.4 Å². The zero-order chi connectivity index (χ0) is 14.3. The number of rotatable bonds is 4. The summed E-state index contributed by atoms with van der Waals surface area (Å²) in [5, 5.41) is 0. The Labute approximate surface area is 113 Å². The average molecular weight is 262 g/mol. The molecule has 2 N–H and O–H groups in total. The maximum Gasteiger partial charge on any atom is 0.255 e. The number of benzene rings is 1. The predicted molar refractivity (Wildman–Crippen MR) is 74.2 cm³/mol. The monoisotopic (exact) mass is 262 g/mol. The molecule has 0 saturated carbocycles. The Morgan fingerprint density at radius 1 is 1.42 bits per heavy atom. The van der Waals surface area contributed by atoms with Crippen molar-refractivity contribution in [3.8, 4) is 11.8 Å². The van der Waals surface area contributed by atoms with Gasteiger partial charge in [-0.05, 0) is 31.5 Å². The van der Waals surface area contributed by atoms with Crippen molar-refractivity contribution in [3.05, 3.63) is 35.1 Å². The molecule has 0 radical (unpaired) electrons. The maximum atomic E-state index is 13.2. The Morgan fingerprint density at radius 3 is 2.74 bits per heavy atom. The summed E-state index contributed by atoms with van der Waals surface area (Å²) in [7, 11) is 0. The van der Waals surface area contributed by atoms with E-state index in [-0.39, 0.29) is 12.5 Å². The lowest BCUT2D eigenvalue weighted by Gasteiger charge is -2.20. The fourth-order valence-electron chi connectivity index (χ4n) is 1.80. The van der Waals surface area contributed by atoms with Crippen molar-refractivity contribution in [1.82, 2.24) is 4.90 Å². The van der Waals surface area contributed by atoms with Crippen LogP contribution in [0.4, 0.5) is 4.39 Å². The second-order valence-electron chi connectivity index (χ2n) is 4.08. The van der Waals surface area contributed by atoms with Gasteiger partial charge in [-0.25, -0.2) is 4.39 Å². The van der Waals surface area contributed by atoms with E-state index in [9.17, 15) is 9.18 Å². The van der Waals surface area contributed by atoms with Crippen molar-refractivity contribution < 1.29 is 9.18 Å². The summed E-state index contributed by atoms with van der Waals surface area (Å²) in [5.74, 6) is 4.88. The first kappa shape index (κ1) is 15.2. The molecule has 0 heterocycles. The van der Waals surface area contributed by atoms with Crippen LogP contribution >= 0.6 is 0 Å². The summed E-state index contributed by atoms with van der Waals surface area (Å²) in [6.45, 7) is 5.40. The molecule has 0 bridgehead atoms. The Morgan fingerprint density at radius 2 is 2.16 bits per heavy atom. The third-order valence-electron chi connectivity index (χ3n) is 2.70. The molecule has 3 nitrogen and oxygen atoms in total. The predicted octanol–water partition coefficient (Wildman–Crippen LogP) is 2.01. The molecule has 1 amide bonds. The fraction of sp³-hybridized carbons (Fsp3) is 0.400. The highest BCUT2D eigenvalue weighted by Gasteiger charge is 2.16. The number of nitrogens with zero attached hydrogens (tertiary/aromatic N) is 1. The summed E-state index contributed by atoms with van der Waals surface area (Å²) < 4.78 is 13.2. The van der Waals surface area contributed by atoms with Crippen LogP contribution in [0.5, 0.6) is 0 Å². The minimum Gasteiger partial charge on any atom is -0.339 e. The van der Waals surface area contributed by atoms with Gasteiger partial charge in [0.2, 0.25) is 0 Å². The van der Waals surface area contributed by atoms with Gasteiger partial charge in [-0.1, -0.05) is 18.8 Å². The van der Waals surface area contributed by atoms with Crippen molar-refractivity contribution in [2.45, 2.75) is 20.3 Å². The highest BCUT2D eigenvalue weighted by Crippen LogP contribution is 2.13. The van der Waals surface area contributed by atoms with E-state index in [2.05, 4.69) is 11.8 Å². The highest BCUT2D eigenvalue weighted by atomic mass is 19.1. The smallest absolute Gasteiger partial charge is 0.255 e. The molecule has 0 aliphatic heterocycles. The van der Waals surface area contributed by atoms with Crippen LogP contribution in [0.15, 0.2) is 18.2 Å². The molecular weight excluding hydrogens is 243 g/mol. The maximum absolute atomic E-state index is 13.2. The third kappa shape index (κ3) is 4.08. The molecule has 0 aromatic heterocycles. The lowest BCUT2D eigenvalue weighted by Crippen LogP contribution is -2.32. The number of carbonyl (C=O) groups excluding carboxylic acids is 1. The second-order valence-corrected chi connectivity index (χ2v) is 4.08. The number of hydrogen-bond donors (Lipinski definition) is 1. The molecule has 102 valence electrons. The lowest BCUT2D eigenvalue weighted by atomic mass is 10.1. The first-order valence-electron chi connectivity index (χ1n) is 6.41. The van der Waals surface area contributed by atoms with Crippen LogP contribution in [0, 0.1) is 17.7 Å². The molecule has 1 aromatic carbocycles. The lowest BCUT2D eigenvalue weighted by molar-refractivity contribution is 0.0764. The molecule has 19 heavy (non-hydrogen) atoms. The van der Waals surface area contributed by atoms with Crippen LogP contribution in [0.1, 0.15) is 36.2 Å². The molecule has 4 heteroatoms. The molecule has 1 rings (SSSR count). The van der Waals surface area contributed by atoms with Gasteiger partial charge >= 0.3 is 0 Å². The minimum absolute atomic E-state index is 0.120. The minimum atomic E-state index is -0.406. The number of carbonyl (C=O) groups is 1. The van der Waals surface area contributed by atoms with E-state index in [4.69, 9.17) is 5.73 Å². The van der Waals surface area contributed by atoms with Gasteiger partial charge in [-0.15, -0.1) is 0 Å². The van der Waals surface area contributed by atoms with Gasteiger partial charge < -0.3 is 10.6 Å². The molecular formula is C15H19FN2O. The van der Waals surface area contributed by atoms with Crippen molar-refractivity contribution in [2.24, 2.45) is 5.73 Å². The van der Waals surface area contributed by atoms with Crippen LogP contribution in [0.2, 0.25) is 0 Å². The van der Waals surface area contributed by atoms with E-state index in [1.807, 2.05) is 13.8 Å². The Balaban J connectivity index is 3.14. The number of nitrogens with two attached hydrogens (primary N) is 1. The van der Waals surface area contributed by atoms with E-state index in [0.29, 0.717) is 24.2 Å². The van der Waals surface area contributed by atoms with E-state index >= 15 is 0 Å². The van der Waals surface area contributed by atoms with E-state index in [0.717, 1.165) is 6.42 Å². The third-order valence-corrected chi connectivity index (χ3v) is 2.70. The topological polar surface area (TPSA) is 46.3 Å². The van der Waals surface area contributed by atoms with Gasteiger partial charge in [0, 0.05) is 18.7 Å². The molecule has 0 aliphatic rings. The van der Waals surface area contributed by atoms with Crippen molar-refractivity contribution in [3.63, 3.8) is 0 Å². The van der Waals surface area contributed by atoms with Crippen LogP contribution in [0.25, 0.3) is 0 Å². The largest absolute Gasteiger partial charge is 0.339 e. The SMILES string of the molecule is CCCN(CC)C(=O)c1ccc(F)cc1C#CCN. The Hall–Kier alpha value is -1.86. The number of halogens is 1. The molecule has 0 aliphatic carbocycles. The molecule has 1 aromatic rings. The van der Waals surface area contributed by atoms with E-state index < -0.39 is 5.82 Å². The van der Waals surface area contributed by atoms with Gasteiger partial charge in [-0.3, -0.25) is 4.79 Å². The van der Waals surface area contributed by atoms with Crippen molar-refractivity contribution in [2.75, 3.05) is 19.6 Å². The molecule has 0 unspecified atom stereocenters. The van der Waals surface area contributed by atoms with E-state index in [1.54, 1.807) is 4.90 Å². The van der Waals surface area contributed by atoms with Crippen LogP contribution < -0.4 is 5.73 Å². The van der Waals surface area contributed by atoms with Crippen molar-refractivity contribution >= 4 is 5.91 Å². The van der Waals surface area contributed by atoms with Gasteiger partial charge in [0.05, 0.1) is 12.1 Å². The zero-order valence-corrected chi connectivity index (χ0v) is 11.4. The average Bonchev–Trinajstić information content (AvgIpc) is 2.42. The summed E-state index contributed by atoms with van der Waals surface area (Å²) in [6, 6.07) is 4.03. The first-order chi connectivity index (χ1) is 9.13. The first-order valence-corrected chi connectivity index (χ1v) is 6.41. The summed E-state index contributed by atoms with van der Waals surface area (Å²) in [5.41, 5.74) is 6.13. The number of amides is 1. The highest BCUT2D eigenvalue weighted by molar-refractivity contribution is 5.96. The van der Waals surface area contributed by atoms with Crippen LogP contribution in [-0.2, 0) is 0 Å². The molecule has 0 fully saturated rings. The van der Waals surface area contributed by atoms with Gasteiger partial charge in [0.1, 0.15) is 5.82 Å². The van der Waals surface area contributed by atoms with Gasteiger partial charge in [-0.2, -0.15) is 0 Å². The van der Waals surface area contributed by atoms with Gasteiger partial charge in [0.25, 0.3) is 5.91 Å². The van der Waals surface area contributed by atoms with Crippen molar-refractivity contribution in [1.29, 1.82) is 0 Å². The Kier molecular flexibility index (Phi) is 6.04. The summed E-state index contributed by atoms with van der Waals surface area (Å²) in [4.78, 5) is 14.1. The molecule has 0 saturated heterocycles. The second kappa shape index (κ2) is 7.55. The quantitative estimate of drug-likeness (QED) is 0.844. The Bertz CT molecular complexity index is 503. The normalized spacial score (nSPS) is 9.68. The summed E-state index contributed by atoms with van der Waals surface area (Å²) in [6.07, 6.45) is 0.880. The number of hydrogen-bond acceptors (Lipinski definition) is 2. The standard InChI is InChI=1S/C15H19FN2O/c1-3-10-18(4-2)15(19)14-8-7-13(16)11-12(14)6-5-9-17/h7-8,11H,3-4,9-10,17H2,1-2H3. The molecule has 0 atom stereocenters. The van der Waals surface area contributed by atoms with Crippen LogP contribution in [0.3, 0.4) is 0 Å². The zero-order valence-electron chi connectivity index (χ0n) is 11.4. The molecule has 0 spiro atoms. The fourth-order valence-corrected chi connectivity index (χ4v) is 1.80. The van der Waals surface area contributed by atoms with Gasteiger partial charge in [0.15, 0.2) is 0 Å².